The van der Waals surface area contributed by atoms with Crippen molar-refractivity contribution in [3.8, 4) is 0 Å². The van der Waals surface area contributed by atoms with Crippen LogP contribution in [0, 0.1) is 0 Å². The highest BCUT2D eigenvalue weighted by Crippen LogP contribution is 2.34. The van der Waals surface area contributed by atoms with Crippen molar-refractivity contribution in [1.29, 1.82) is 0 Å². The maximum absolute atomic E-state index is 6.07. The van der Waals surface area contributed by atoms with Crippen molar-refractivity contribution in [1.82, 2.24) is 0 Å². The Hall–Kier alpha value is 0.960. The highest BCUT2D eigenvalue weighted by molar-refractivity contribution is 6.67. The molecule has 0 N–H and O–H groups in total. The molecule has 0 saturated carbocycles. The van der Waals surface area contributed by atoms with Crippen molar-refractivity contribution in [3.63, 3.8) is 0 Å². The molecule has 1 aromatic rings. The summed E-state index contributed by atoms with van der Waals surface area (Å²) in [4.78, 5) is 0. The Kier molecular flexibility index (Phi) is 5.84. The summed E-state index contributed by atoms with van der Waals surface area (Å²) < 4.78 is -1.34. The Morgan fingerprint density at radius 1 is 1.00 bits per heavy atom. The molecule has 0 bridgehead atoms. The van der Waals surface area contributed by atoms with Gasteiger partial charge < -0.3 is 0 Å². The van der Waals surface area contributed by atoms with Gasteiger partial charge in [-0.05, 0) is 30.2 Å². The molecule has 16 heavy (non-hydrogen) atoms. The smallest absolute Gasteiger partial charge is 0.122 e. The van der Waals surface area contributed by atoms with Crippen LogP contribution in [0.1, 0.15) is 12.0 Å². The summed E-state index contributed by atoms with van der Waals surface area (Å²) in [5, 5.41) is 0.863. The number of benzene rings is 1. The van der Waals surface area contributed by atoms with Gasteiger partial charge in [-0.15, -0.1) is 11.6 Å². The van der Waals surface area contributed by atoms with Crippen LogP contribution in [0.15, 0.2) is 18.2 Å². The van der Waals surface area contributed by atoms with Crippen LogP contribution in [-0.2, 0) is 6.42 Å². The molecule has 0 aliphatic rings. The van der Waals surface area contributed by atoms with Crippen LogP contribution in [-0.4, -0.2) is 9.17 Å². The van der Waals surface area contributed by atoms with Gasteiger partial charge in [0.25, 0.3) is 0 Å². The largest absolute Gasteiger partial charge is 0.192 e. The molecule has 0 saturated heterocycles. The van der Waals surface area contributed by atoms with E-state index in [1.165, 1.54) is 0 Å². The van der Waals surface area contributed by atoms with E-state index in [-0.39, 0.29) is 11.8 Å². The zero-order valence-electron chi connectivity index (χ0n) is 7.99. The molecule has 0 radical (unpaired) electrons. The molecule has 0 amide bonds. The van der Waals surface area contributed by atoms with Gasteiger partial charge in [-0.2, -0.15) is 0 Å². The Morgan fingerprint density at radius 3 is 1.94 bits per heavy atom. The fraction of sp³-hybridized carbons (Fsp3) is 0.400. The molecule has 90 valence electrons. The molecule has 0 spiro atoms. The highest BCUT2D eigenvalue weighted by Gasteiger charge is 2.24. The van der Waals surface area contributed by atoms with Gasteiger partial charge >= 0.3 is 0 Å². The minimum Gasteiger partial charge on any atom is -0.122 e. The minimum atomic E-state index is -1.34. The molecule has 0 aliphatic carbocycles. The lowest BCUT2D eigenvalue weighted by Gasteiger charge is -2.15. The van der Waals surface area contributed by atoms with Crippen LogP contribution >= 0.6 is 69.6 Å². The van der Waals surface area contributed by atoms with Gasteiger partial charge in [-0.3, -0.25) is 0 Å². The molecule has 1 atom stereocenters. The van der Waals surface area contributed by atoms with Crippen LogP contribution < -0.4 is 0 Å². The van der Waals surface area contributed by atoms with E-state index in [2.05, 4.69) is 0 Å². The van der Waals surface area contributed by atoms with Crippen molar-refractivity contribution in [2.24, 2.45) is 0 Å². The average molecular weight is 341 g/mol. The highest BCUT2D eigenvalue weighted by atomic mass is 35.6. The fourth-order valence-corrected chi connectivity index (χ4v) is 3.08. The zero-order chi connectivity index (χ0) is 12.3. The Labute approximate surface area is 125 Å². The van der Waals surface area contributed by atoms with E-state index < -0.39 is 3.79 Å². The van der Waals surface area contributed by atoms with Crippen molar-refractivity contribution in [3.05, 3.63) is 33.8 Å². The first-order valence-electron chi connectivity index (χ1n) is 4.42. The standard InChI is InChI=1S/C10H8Cl6/c11-7-1-6(2-8(12)4-7)3-9(13)5-10(14,15)16/h1-2,4,9H,3,5H2. The number of rotatable bonds is 3. The average Bonchev–Trinajstić information content (AvgIpc) is 1.96. The Morgan fingerprint density at radius 2 is 1.50 bits per heavy atom. The zero-order valence-corrected chi connectivity index (χ0v) is 12.5. The maximum atomic E-state index is 6.07. The minimum absolute atomic E-state index is 0.267. The van der Waals surface area contributed by atoms with Gasteiger partial charge in [0.05, 0.1) is 0 Å². The first-order chi connectivity index (χ1) is 7.26. The number of hydrogen-bond acceptors (Lipinski definition) is 0. The van der Waals surface area contributed by atoms with Crippen molar-refractivity contribution in [2.45, 2.75) is 22.0 Å². The van der Waals surface area contributed by atoms with E-state index in [0.717, 1.165) is 5.56 Å². The van der Waals surface area contributed by atoms with E-state index in [1.807, 2.05) is 0 Å². The summed E-state index contributed by atoms with van der Waals surface area (Å²) in [5.41, 5.74) is 0.923. The number of alkyl halides is 4. The third-order valence-corrected chi connectivity index (χ3v) is 3.04. The quantitative estimate of drug-likeness (QED) is 0.600. The monoisotopic (exact) mass is 338 g/mol. The number of halogens is 6. The van der Waals surface area contributed by atoms with Gasteiger partial charge in [0.2, 0.25) is 0 Å². The topological polar surface area (TPSA) is 0 Å². The molecule has 1 aromatic carbocycles. The van der Waals surface area contributed by atoms with Gasteiger partial charge in [0, 0.05) is 21.8 Å². The molecular formula is C10H8Cl6. The van der Waals surface area contributed by atoms with Crippen molar-refractivity contribution in [2.75, 3.05) is 0 Å². The molecule has 0 aromatic heterocycles. The Bertz CT molecular complexity index is 337. The third-order valence-electron chi connectivity index (χ3n) is 1.83. The molecule has 0 nitrogen and oxygen atoms in total. The molecule has 6 heteroatoms. The third kappa shape index (κ3) is 6.05. The van der Waals surface area contributed by atoms with Gasteiger partial charge in [0.1, 0.15) is 0 Å². The van der Waals surface area contributed by atoms with E-state index in [0.29, 0.717) is 16.5 Å². The van der Waals surface area contributed by atoms with E-state index >= 15 is 0 Å². The Balaban J connectivity index is 2.66. The summed E-state index contributed by atoms with van der Waals surface area (Å²) >= 11 is 34.7. The molecule has 0 fully saturated rings. The van der Waals surface area contributed by atoms with Gasteiger partial charge in [0.15, 0.2) is 3.79 Å². The lowest BCUT2D eigenvalue weighted by atomic mass is 10.1. The second-order valence-electron chi connectivity index (χ2n) is 3.40. The molecule has 1 unspecified atom stereocenters. The first-order valence-corrected chi connectivity index (χ1v) is 6.75. The predicted molar refractivity (Wildman–Crippen MR) is 74.7 cm³/mol. The lowest BCUT2D eigenvalue weighted by Crippen LogP contribution is -2.14. The summed E-state index contributed by atoms with van der Waals surface area (Å²) in [7, 11) is 0. The van der Waals surface area contributed by atoms with E-state index in [9.17, 15) is 0 Å². The van der Waals surface area contributed by atoms with Crippen LogP contribution in [0.2, 0.25) is 10.0 Å². The first kappa shape index (κ1) is 15.0. The van der Waals surface area contributed by atoms with Crippen LogP contribution in [0.5, 0.6) is 0 Å². The van der Waals surface area contributed by atoms with Crippen LogP contribution in [0.4, 0.5) is 0 Å². The maximum Gasteiger partial charge on any atom is 0.192 e. The van der Waals surface area contributed by atoms with Crippen LogP contribution in [0.25, 0.3) is 0 Å². The summed E-state index contributed by atoms with van der Waals surface area (Å²) in [6.45, 7) is 0. The van der Waals surface area contributed by atoms with E-state index in [4.69, 9.17) is 69.6 Å². The van der Waals surface area contributed by atoms with Crippen LogP contribution in [0.3, 0.4) is 0 Å². The summed E-state index contributed by atoms with van der Waals surface area (Å²) in [6.07, 6.45) is 0.819. The fourth-order valence-electron chi connectivity index (χ4n) is 1.31. The van der Waals surface area contributed by atoms with E-state index in [1.54, 1.807) is 18.2 Å². The summed E-state index contributed by atoms with van der Waals surface area (Å²) in [5.74, 6) is 0. The molecular weight excluding hydrogens is 333 g/mol. The number of hydrogen-bond donors (Lipinski definition) is 0. The SMILES string of the molecule is Clc1cc(Cl)cc(CC(Cl)CC(Cl)(Cl)Cl)c1. The molecule has 0 aliphatic heterocycles. The summed E-state index contributed by atoms with van der Waals surface area (Å²) in [6, 6.07) is 5.24. The second kappa shape index (κ2) is 6.22. The van der Waals surface area contributed by atoms with Gasteiger partial charge in [-0.25, -0.2) is 0 Å². The van der Waals surface area contributed by atoms with Crippen molar-refractivity contribution < 1.29 is 0 Å². The lowest BCUT2D eigenvalue weighted by molar-refractivity contribution is 0.762. The predicted octanol–water partition coefficient (Wildman–Crippen LogP) is 5.90. The molecule has 1 rings (SSSR count). The normalized spacial score (nSPS) is 13.9. The van der Waals surface area contributed by atoms with Crippen molar-refractivity contribution >= 4 is 69.6 Å². The van der Waals surface area contributed by atoms with Gasteiger partial charge in [-0.1, -0.05) is 58.0 Å². The molecule has 0 heterocycles. The second-order valence-corrected chi connectivity index (χ2v) is 7.40.